The minimum absolute atomic E-state index is 0.0548. The summed E-state index contributed by atoms with van der Waals surface area (Å²) in [7, 11) is 0. The van der Waals surface area contributed by atoms with Crippen LogP contribution in [0.4, 0.5) is 17.1 Å². The molecular weight excluding hydrogens is 270 g/mol. The fourth-order valence-electron chi connectivity index (χ4n) is 2.74. The zero-order chi connectivity index (χ0) is 15.0. The summed E-state index contributed by atoms with van der Waals surface area (Å²) < 4.78 is 0. The molecule has 0 aromatic heterocycles. The van der Waals surface area contributed by atoms with Crippen LogP contribution in [0.25, 0.3) is 0 Å². The first-order valence-corrected chi connectivity index (χ1v) is 6.62. The quantitative estimate of drug-likeness (QED) is 0.456. The van der Waals surface area contributed by atoms with Crippen LogP contribution in [0.1, 0.15) is 17.2 Å². The number of nitrogens with one attached hydrogen (secondary N) is 1. The van der Waals surface area contributed by atoms with Gasteiger partial charge in [-0.05, 0) is 23.3 Å². The Morgan fingerprint density at radius 3 is 2.81 bits per heavy atom. The van der Waals surface area contributed by atoms with Gasteiger partial charge in [0.15, 0.2) is 0 Å². The summed E-state index contributed by atoms with van der Waals surface area (Å²) in [5.74, 6) is 0. The molecule has 4 N–H and O–H groups in total. The molecule has 0 radical (unpaired) electrons. The Labute approximate surface area is 121 Å². The third-order valence-corrected chi connectivity index (χ3v) is 3.73. The average molecular weight is 285 g/mol. The van der Waals surface area contributed by atoms with Gasteiger partial charge in [-0.1, -0.05) is 24.3 Å². The summed E-state index contributed by atoms with van der Waals surface area (Å²) in [6.07, 6.45) is -0.0901. The Hall–Kier alpha value is -2.60. The van der Waals surface area contributed by atoms with Crippen LogP contribution in [-0.2, 0) is 6.42 Å². The number of aliphatic hydroxyl groups is 1. The maximum absolute atomic E-state index is 11.1. The van der Waals surface area contributed by atoms with Gasteiger partial charge in [-0.15, -0.1) is 0 Å². The second-order valence-electron chi connectivity index (χ2n) is 5.13. The van der Waals surface area contributed by atoms with Gasteiger partial charge in [0, 0.05) is 18.2 Å². The highest BCUT2D eigenvalue weighted by atomic mass is 16.6. The Bertz CT molecular complexity index is 702. The number of hydrogen-bond acceptors (Lipinski definition) is 5. The van der Waals surface area contributed by atoms with Crippen molar-refractivity contribution in [3.63, 3.8) is 0 Å². The van der Waals surface area contributed by atoms with Crippen molar-refractivity contribution in [1.82, 2.24) is 0 Å². The van der Waals surface area contributed by atoms with Gasteiger partial charge < -0.3 is 16.2 Å². The molecule has 6 nitrogen and oxygen atoms in total. The number of anilines is 2. The number of benzene rings is 2. The topological polar surface area (TPSA) is 101 Å². The molecule has 0 fully saturated rings. The lowest BCUT2D eigenvalue weighted by Crippen LogP contribution is -2.21. The van der Waals surface area contributed by atoms with Crippen molar-refractivity contribution >= 4 is 17.1 Å². The number of rotatable bonds is 3. The van der Waals surface area contributed by atoms with Gasteiger partial charge >= 0.3 is 0 Å². The molecule has 6 heteroatoms. The zero-order valence-corrected chi connectivity index (χ0v) is 11.2. The first-order valence-electron chi connectivity index (χ1n) is 6.62. The van der Waals surface area contributed by atoms with Crippen LogP contribution >= 0.6 is 0 Å². The molecule has 0 amide bonds. The van der Waals surface area contributed by atoms with E-state index in [-0.39, 0.29) is 11.7 Å². The van der Waals surface area contributed by atoms with Crippen molar-refractivity contribution in [2.45, 2.75) is 18.6 Å². The van der Waals surface area contributed by atoms with Gasteiger partial charge in [0.1, 0.15) is 5.69 Å². The lowest BCUT2D eigenvalue weighted by atomic mass is 10.1. The van der Waals surface area contributed by atoms with Gasteiger partial charge in [-0.25, -0.2) is 0 Å². The van der Waals surface area contributed by atoms with Crippen molar-refractivity contribution in [2.75, 3.05) is 11.1 Å². The number of hydrogen-bond donors (Lipinski definition) is 3. The second-order valence-corrected chi connectivity index (χ2v) is 5.13. The van der Waals surface area contributed by atoms with Gasteiger partial charge in [-0.3, -0.25) is 10.1 Å². The van der Waals surface area contributed by atoms with Crippen LogP contribution in [0.15, 0.2) is 42.5 Å². The van der Waals surface area contributed by atoms with Crippen LogP contribution in [0.5, 0.6) is 0 Å². The molecule has 0 bridgehead atoms. The maximum Gasteiger partial charge on any atom is 0.292 e. The summed E-state index contributed by atoms with van der Waals surface area (Å²) in [4.78, 5) is 10.6. The Balaban J connectivity index is 1.97. The number of fused-ring (bicyclic) bond motifs is 1. The predicted molar refractivity (Wildman–Crippen MR) is 80.0 cm³/mol. The van der Waals surface area contributed by atoms with E-state index < -0.39 is 11.0 Å². The second kappa shape index (κ2) is 5.06. The van der Waals surface area contributed by atoms with E-state index in [0.29, 0.717) is 17.8 Å². The molecule has 0 spiro atoms. The summed E-state index contributed by atoms with van der Waals surface area (Å²) >= 11 is 0. The van der Waals surface area contributed by atoms with Crippen LogP contribution in [0, 0.1) is 10.1 Å². The third-order valence-electron chi connectivity index (χ3n) is 3.73. The SMILES string of the molecule is Nc1ccc([N+](=O)[O-])c(NC2c3ccccc3CC2O)c1. The first-order chi connectivity index (χ1) is 10.1. The lowest BCUT2D eigenvalue weighted by Gasteiger charge is -2.19. The molecular formula is C15H15N3O3. The van der Waals surface area contributed by atoms with E-state index in [0.717, 1.165) is 11.1 Å². The monoisotopic (exact) mass is 285 g/mol. The van der Waals surface area contributed by atoms with Gasteiger partial charge in [0.2, 0.25) is 0 Å². The molecule has 2 atom stereocenters. The molecule has 0 saturated heterocycles. The molecule has 0 saturated carbocycles. The molecule has 2 aromatic rings. The first kappa shape index (κ1) is 13.4. The van der Waals surface area contributed by atoms with Gasteiger partial charge in [0.25, 0.3) is 5.69 Å². The van der Waals surface area contributed by atoms with E-state index in [1.54, 1.807) is 0 Å². The van der Waals surface area contributed by atoms with Crippen molar-refractivity contribution < 1.29 is 10.0 Å². The van der Waals surface area contributed by atoms with Crippen LogP contribution < -0.4 is 11.1 Å². The van der Waals surface area contributed by atoms with E-state index in [4.69, 9.17) is 5.73 Å². The van der Waals surface area contributed by atoms with Crippen LogP contribution in [0.2, 0.25) is 0 Å². The van der Waals surface area contributed by atoms with E-state index in [1.807, 2.05) is 24.3 Å². The van der Waals surface area contributed by atoms with Gasteiger partial charge in [0.05, 0.1) is 17.1 Å². The minimum atomic E-state index is -0.622. The predicted octanol–water partition coefficient (Wildman–Crippen LogP) is 2.25. The van der Waals surface area contributed by atoms with E-state index in [1.165, 1.54) is 18.2 Å². The third kappa shape index (κ3) is 2.41. The van der Waals surface area contributed by atoms with Crippen LogP contribution in [0.3, 0.4) is 0 Å². The molecule has 2 unspecified atom stereocenters. The molecule has 108 valence electrons. The van der Waals surface area contributed by atoms with Crippen molar-refractivity contribution in [3.8, 4) is 0 Å². The molecule has 0 heterocycles. The molecule has 1 aliphatic rings. The molecule has 21 heavy (non-hydrogen) atoms. The zero-order valence-electron chi connectivity index (χ0n) is 11.2. The minimum Gasteiger partial charge on any atom is -0.399 e. The Morgan fingerprint density at radius 2 is 2.05 bits per heavy atom. The maximum atomic E-state index is 11.1. The summed E-state index contributed by atoms with van der Waals surface area (Å²) in [6, 6.07) is 11.7. The highest BCUT2D eigenvalue weighted by Gasteiger charge is 2.32. The summed E-state index contributed by atoms with van der Waals surface area (Å²) in [6.45, 7) is 0. The van der Waals surface area contributed by atoms with Crippen molar-refractivity contribution in [3.05, 3.63) is 63.7 Å². The number of nitrogens with zero attached hydrogens (tertiary/aromatic N) is 1. The number of nitrogen functional groups attached to an aromatic ring is 1. The smallest absolute Gasteiger partial charge is 0.292 e. The highest BCUT2D eigenvalue weighted by Crippen LogP contribution is 2.37. The van der Waals surface area contributed by atoms with Crippen LogP contribution in [-0.4, -0.2) is 16.1 Å². The Kier molecular flexibility index (Phi) is 3.23. The van der Waals surface area contributed by atoms with Crippen molar-refractivity contribution in [2.24, 2.45) is 0 Å². The van der Waals surface area contributed by atoms with Crippen molar-refractivity contribution in [1.29, 1.82) is 0 Å². The largest absolute Gasteiger partial charge is 0.399 e. The molecule has 1 aliphatic carbocycles. The fraction of sp³-hybridized carbons (Fsp3) is 0.200. The number of nitrogens with two attached hydrogens (primary N) is 1. The van der Waals surface area contributed by atoms with E-state index in [9.17, 15) is 15.2 Å². The Morgan fingerprint density at radius 1 is 1.29 bits per heavy atom. The van der Waals surface area contributed by atoms with E-state index in [2.05, 4.69) is 5.32 Å². The standard InChI is InChI=1S/C15H15N3O3/c16-10-5-6-13(18(20)21)12(8-10)17-15-11-4-2-1-3-9(11)7-14(15)19/h1-6,8,14-15,17,19H,7,16H2. The average Bonchev–Trinajstić information content (AvgIpc) is 2.75. The van der Waals surface area contributed by atoms with Gasteiger partial charge in [-0.2, -0.15) is 0 Å². The normalized spacial score (nSPS) is 20.0. The molecule has 2 aromatic carbocycles. The van der Waals surface area contributed by atoms with E-state index >= 15 is 0 Å². The highest BCUT2D eigenvalue weighted by molar-refractivity contribution is 5.68. The fourth-order valence-corrected chi connectivity index (χ4v) is 2.74. The summed E-state index contributed by atoms with van der Waals surface area (Å²) in [5.41, 5.74) is 8.42. The number of nitro groups is 1. The number of nitro benzene ring substituents is 1. The number of aliphatic hydroxyl groups excluding tert-OH is 1. The lowest BCUT2D eigenvalue weighted by molar-refractivity contribution is -0.384. The molecule has 3 rings (SSSR count). The molecule has 0 aliphatic heterocycles. The summed E-state index contributed by atoms with van der Waals surface area (Å²) in [5, 5.41) is 24.4.